The van der Waals surface area contributed by atoms with E-state index in [0.717, 1.165) is 33.4 Å². The molecule has 0 aromatic heterocycles. The van der Waals surface area contributed by atoms with Crippen LogP contribution in [0.15, 0.2) is 36.4 Å². The lowest BCUT2D eigenvalue weighted by Crippen LogP contribution is -2.34. The lowest BCUT2D eigenvalue weighted by molar-refractivity contribution is -0.130. The summed E-state index contributed by atoms with van der Waals surface area (Å²) in [5.41, 5.74) is 0.249. The molecule has 0 aliphatic rings. The van der Waals surface area contributed by atoms with Gasteiger partial charge in [-0.25, -0.2) is 0 Å². The van der Waals surface area contributed by atoms with Crippen LogP contribution in [0.3, 0.4) is 0 Å². The molecule has 0 saturated carbocycles. The van der Waals surface area contributed by atoms with Gasteiger partial charge in [0.25, 0.3) is 0 Å². The fraction of sp³-hybridized carbons (Fsp3) is 0.550. The Balaban J connectivity index is 2.26. The number of aromatic hydroxyl groups is 2. The van der Waals surface area contributed by atoms with Crippen molar-refractivity contribution in [3.8, 4) is 11.5 Å². The smallest absolute Gasteiger partial charge is 0.321 e. The Morgan fingerprint density at radius 3 is 0.958 bits per heavy atom. The number of ketones is 2. The third-order valence-electron chi connectivity index (χ3n) is 8.21. The van der Waals surface area contributed by atoms with Gasteiger partial charge in [0.15, 0.2) is 11.6 Å². The van der Waals surface area contributed by atoms with Crippen LogP contribution in [0.25, 0.3) is 12.2 Å². The van der Waals surface area contributed by atoms with Gasteiger partial charge in [-0.1, -0.05) is 95.2 Å². The van der Waals surface area contributed by atoms with Crippen LogP contribution in [0.2, 0.25) is 0 Å². The highest BCUT2D eigenvalue weighted by atomic mass is 31.1. The highest BCUT2D eigenvalue weighted by molar-refractivity contribution is 7.33. The quantitative estimate of drug-likeness (QED) is 0.190. The van der Waals surface area contributed by atoms with Gasteiger partial charge in [0.1, 0.15) is 22.7 Å². The molecule has 2 rings (SSSR count). The molecule has 0 unspecified atom stereocenters. The van der Waals surface area contributed by atoms with Crippen LogP contribution in [0.5, 0.6) is 11.5 Å². The van der Waals surface area contributed by atoms with Gasteiger partial charge >= 0.3 is 8.25 Å². The average Bonchev–Trinajstić information content (AvgIpc) is 2.87. The Kier molecular flexibility index (Phi) is 12.1. The Bertz CT molecular complexity index is 1420. The molecule has 266 valence electrons. The Morgan fingerprint density at radius 1 is 0.521 bits per heavy atom. The van der Waals surface area contributed by atoms with E-state index in [1.54, 1.807) is 12.2 Å². The normalized spacial score (nSPS) is 14.6. The highest BCUT2D eigenvalue weighted by Gasteiger charge is 2.35. The summed E-state index contributed by atoms with van der Waals surface area (Å²) in [6.07, 6.45) is 6.06. The second kappa shape index (κ2) is 14.1. The summed E-state index contributed by atoms with van der Waals surface area (Å²) in [7, 11) is -3.30. The molecule has 48 heavy (non-hydrogen) atoms. The number of phenolic OH excluding ortho intramolecular Hbond substituents is 2. The summed E-state index contributed by atoms with van der Waals surface area (Å²) in [6, 6.07) is 7.45. The topological polar surface area (TPSA) is 110 Å². The highest BCUT2D eigenvalue weighted by Crippen LogP contribution is 2.42. The van der Waals surface area contributed by atoms with Crippen molar-refractivity contribution in [3.05, 3.63) is 69.8 Å². The van der Waals surface area contributed by atoms with E-state index in [-0.39, 0.29) is 33.2 Å². The molecule has 0 aliphatic heterocycles. The summed E-state index contributed by atoms with van der Waals surface area (Å²) < 4.78 is 24.3. The van der Waals surface area contributed by atoms with Gasteiger partial charge in [-0.2, -0.15) is 0 Å². The summed E-state index contributed by atoms with van der Waals surface area (Å²) in [5, 5.41) is 22.0. The van der Waals surface area contributed by atoms with Crippen molar-refractivity contribution in [2.24, 2.45) is 0 Å². The number of carbonyl (C=O) groups is 2. The van der Waals surface area contributed by atoms with Gasteiger partial charge in [0.05, 0.1) is 0 Å². The van der Waals surface area contributed by atoms with Gasteiger partial charge in [-0.05, 0) is 96.9 Å². The molecule has 0 bridgehead atoms. The van der Waals surface area contributed by atoms with Gasteiger partial charge < -0.3 is 10.2 Å². The van der Waals surface area contributed by atoms with Crippen molar-refractivity contribution in [2.75, 3.05) is 0 Å². The van der Waals surface area contributed by atoms with Crippen molar-refractivity contribution >= 4 is 32.0 Å². The van der Waals surface area contributed by atoms with Crippen molar-refractivity contribution in [1.29, 1.82) is 0 Å². The third-order valence-corrected chi connectivity index (χ3v) is 9.57. The summed E-state index contributed by atoms with van der Waals surface area (Å²) in [6.45, 7) is 30.2. The zero-order valence-corrected chi connectivity index (χ0v) is 33.1. The van der Waals surface area contributed by atoms with Crippen LogP contribution in [0.1, 0.15) is 144 Å². The molecule has 0 radical (unpaired) electrons. The molecule has 0 amide bonds. The maximum Gasteiger partial charge on any atom is 0.321 e. The maximum atomic E-state index is 13.2. The van der Waals surface area contributed by atoms with Crippen LogP contribution in [0.4, 0.5) is 0 Å². The SMILES string of the molecule is CC(C)(O[PH](=O)OC(C)(C)C(=O)C=Cc1cc(C(C)(C)C)c(O)c(C(C)(C)C)c1)C(=O)C=Cc1cc(C(C)(C)C)c(O)c(C(C)(C)C)c1. The van der Waals surface area contributed by atoms with Gasteiger partial charge in [-0.3, -0.25) is 23.2 Å². The van der Waals surface area contributed by atoms with Gasteiger partial charge in [-0.15, -0.1) is 0 Å². The molecule has 2 aromatic carbocycles. The van der Waals surface area contributed by atoms with Crippen LogP contribution in [-0.2, 0) is 44.9 Å². The molecular formula is C40H59O7P. The molecule has 2 aromatic rings. The average molecular weight is 683 g/mol. The van der Waals surface area contributed by atoms with Crippen LogP contribution >= 0.6 is 8.25 Å². The number of hydrogen-bond donors (Lipinski definition) is 2. The summed E-state index contributed by atoms with van der Waals surface area (Å²) in [4.78, 5) is 26.5. The van der Waals surface area contributed by atoms with E-state index in [1.807, 2.05) is 107 Å². The molecule has 0 heterocycles. The molecule has 7 nitrogen and oxygen atoms in total. The van der Waals surface area contributed by atoms with E-state index < -0.39 is 31.0 Å². The molecule has 2 N–H and O–H groups in total. The van der Waals surface area contributed by atoms with Crippen LogP contribution in [0, 0.1) is 0 Å². The number of hydrogen-bond acceptors (Lipinski definition) is 7. The van der Waals surface area contributed by atoms with E-state index in [1.165, 1.54) is 39.8 Å². The van der Waals surface area contributed by atoms with E-state index in [2.05, 4.69) is 0 Å². The van der Waals surface area contributed by atoms with Gasteiger partial charge in [0.2, 0.25) is 0 Å². The first-order valence-corrected chi connectivity index (χ1v) is 17.7. The molecule has 0 saturated heterocycles. The first-order chi connectivity index (χ1) is 21.4. The molecule has 0 spiro atoms. The van der Waals surface area contributed by atoms with E-state index >= 15 is 0 Å². The Morgan fingerprint density at radius 2 is 0.750 bits per heavy atom. The summed E-state index contributed by atoms with van der Waals surface area (Å²) >= 11 is 0. The standard InChI is InChI=1S/C40H59O7P/c1-35(2,3)27-21-25(22-28(33(27)43)36(4,5)6)17-19-31(41)39(13,14)46-48(45)47-40(15,16)32(42)20-18-26-23-29(37(7,8)9)34(44)30(24-26)38(10,11)12/h17-24,43-44,48H,1-16H3. The zero-order chi connectivity index (χ0) is 37.4. The van der Waals surface area contributed by atoms with Crippen LogP contribution < -0.4 is 0 Å². The van der Waals surface area contributed by atoms with E-state index in [0.29, 0.717) is 0 Å². The van der Waals surface area contributed by atoms with E-state index in [4.69, 9.17) is 9.05 Å². The summed E-state index contributed by atoms with van der Waals surface area (Å²) in [5.74, 6) is -0.379. The lowest BCUT2D eigenvalue weighted by Gasteiger charge is -2.28. The number of phenols is 2. The van der Waals surface area contributed by atoms with Crippen LogP contribution in [-0.4, -0.2) is 33.0 Å². The predicted molar refractivity (Wildman–Crippen MR) is 198 cm³/mol. The van der Waals surface area contributed by atoms with Gasteiger partial charge in [0, 0.05) is 22.3 Å². The first kappa shape index (κ1) is 41.2. The Labute approximate surface area is 289 Å². The molecule has 0 aliphatic carbocycles. The third kappa shape index (κ3) is 10.5. The minimum Gasteiger partial charge on any atom is -0.507 e. The second-order valence-electron chi connectivity index (χ2n) is 17.8. The fourth-order valence-electron chi connectivity index (χ4n) is 5.08. The zero-order valence-electron chi connectivity index (χ0n) is 32.1. The molecule has 0 atom stereocenters. The van der Waals surface area contributed by atoms with Crippen molar-refractivity contribution in [1.82, 2.24) is 0 Å². The molecule has 8 heteroatoms. The fourth-order valence-corrected chi connectivity index (χ4v) is 6.15. The van der Waals surface area contributed by atoms with Crippen molar-refractivity contribution in [3.63, 3.8) is 0 Å². The monoisotopic (exact) mass is 682 g/mol. The van der Waals surface area contributed by atoms with Crippen molar-refractivity contribution in [2.45, 2.75) is 144 Å². The largest absolute Gasteiger partial charge is 0.507 e. The molecular weight excluding hydrogens is 623 g/mol. The van der Waals surface area contributed by atoms with E-state index in [9.17, 15) is 24.4 Å². The van der Waals surface area contributed by atoms with Crippen molar-refractivity contribution < 1.29 is 33.4 Å². The second-order valence-corrected chi connectivity index (χ2v) is 18.7. The first-order valence-electron chi connectivity index (χ1n) is 16.5. The lowest BCUT2D eigenvalue weighted by atomic mass is 9.78. The number of carbonyl (C=O) groups excluding carboxylic acids is 2. The number of benzene rings is 2. The Hall–Kier alpha value is -2.99. The minimum atomic E-state index is -3.30. The minimum absolute atomic E-state index is 0.247. The predicted octanol–water partition coefficient (Wildman–Crippen LogP) is 10.1. The molecule has 0 fully saturated rings. The maximum absolute atomic E-state index is 13.2. The number of rotatable bonds is 10.